The topological polar surface area (TPSA) is 88.0 Å². The van der Waals surface area contributed by atoms with Gasteiger partial charge in [0.25, 0.3) is 5.91 Å². The van der Waals surface area contributed by atoms with Gasteiger partial charge in [-0.05, 0) is 64.2 Å². The standard InChI is InChI=1S/C21H25N7O/c1-15-13-19(28(26-15)18-7-11-27(2)12-8-18)25-20(29)16-5-3-6-17(14-16)24-21-22-9-4-10-23-21/h3-6,9-10,13-14,18H,7-8,11-12H2,1-2H3,(H,25,29)(H,22,23,24). The number of aryl methyl sites for hydroxylation is 1. The zero-order chi connectivity index (χ0) is 20.2. The van der Waals surface area contributed by atoms with Crippen LogP contribution in [0.3, 0.4) is 0 Å². The average molecular weight is 391 g/mol. The van der Waals surface area contributed by atoms with Gasteiger partial charge in [0.05, 0.1) is 11.7 Å². The summed E-state index contributed by atoms with van der Waals surface area (Å²) in [4.78, 5) is 23.5. The fourth-order valence-corrected chi connectivity index (χ4v) is 3.55. The highest BCUT2D eigenvalue weighted by Crippen LogP contribution is 2.26. The molecule has 0 atom stereocenters. The van der Waals surface area contributed by atoms with Gasteiger partial charge in [-0.15, -0.1) is 0 Å². The predicted molar refractivity (Wildman–Crippen MR) is 112 cm³/mol. The van der Waals surface area contributed by atoms with Crippen molar-refractivity contribution in [2.45, 2.75) is 25.8 Å². The summed E-state index contributed by atoms with van der Waals surface area (Å²) in [5, 5.41) is 10.8. The van der Waals surface area contributed by atoms with Crippen LogP contribution in [-0.4, -0.2) is 50.7 Å². The molecule has 2 aromatic heterocycles. The van der Waals surface area contributed by atoms with Crippen LogP contribution in [0.2, 0.25) is 0 Å². The van der Waals surface area contributed by atoms with Gasteiger partial charge in [-0.1, -0.05) is 6.07 Å². The molecule has 3 aromatic rings. The Morgan fingerprint density at radius 1 is 1.10 bits per heavy atom. The van der Waals surface area contributed by atoms with E-state index < -0.39 is 0 Å². The van der Waals surface area contributed by atoms with Gasteiger partial charge in [-0.3, -0.25) is 4.79 Å². The van der Waals surface area contributed by atoms with Gasteiger partial charge in [-0.25, -0.2) is 14.6 Å². The quantitative estimate of drug-likeness (QED) is 0.694. The van der Waals surface area contributed by atoms with E-state index in [1.807, 2.05) is 29.8 Å². The number of benzene rings is 1. The normalized spacial score (nSPS) is 15.2. The zero-order valence-electron chi connectivity index (χ0n) is 16.7. The van der Waals surface area contributed by atoms with Crippen LogP contribution in [0.4, 0.5) is 17.5 Å². The average Bonchev–Trinajstić information content (AvgIpc) is 3.09. The molecule has 1 aliphatic heterocycles. The first-order valence-corrected chi connectivity index (χ1v) is 9.78. The molecule has 0 saturated carbocycles. The van der Waals surface area contributed by atoms with Crippen LogP contribution >= 0.6 is 0 Å². The molecule has 1 amide bonds. The van der Waals surface area contributed by atoms with Gasteiger partial charge in [0, 0.05) is 29.7 Å². The number of nitrogens with one attached hydrogen (secondary N) is 2. The van der Waals surface area contributed by atoms with Crippen molar-refractivity contribution >= 4 is 23.4 Å². The van der Waals surface area contributed by atoms with Crippen LogP contribution in [0.5, 0.6) is 0 Å². The van der Waals surface area contributed by atoms with Gasteiger partial charge >= 0.3 is 0 Å². The molecule has 1 saturated heterocycles. The van der Waals surface area contributed by atoms with Crippen LogP contribution in [0.25, 0.3) is 0 Å². The van der Waals surface area contributed by atoms with Gasteiger partial charge in [0.2, 0.25) is 5.95 Å². The highest BCUT2D eigenvalue weighted by atomic mass is 16.1. The van der Waals surface area contributed by atoms with E-state index in [0.717, 1.165) is 43.1 Å². The van der Waals surface area contributed by atoms with Gasteiger partial charge in [0.15, 0.2) is 0 Å². The van der Waals surface area contributed by atoms with Crippen molar-refractivity contribution in [3.63, 3.8) is 0 Å². The molecule has 8 nitrogen and oxygen atoms in total. The van der Waals surface area contributed by atoms with Gasteiger partial charge in [0.1, 0.15) is 5.82 Å². The predicted octanol–water partition coefficient (Wildman–Crippen LogP) is 3.24. The maximum Gasteiger partial charge on any atom is 0.256 e. The smallest absolute Gasteiger partial charge is 0.256 e. The Morgan fingerprint density at radius 2 is 1.86 bits per heavy atom. The SMILES string of the molecule is Cc1cc(NC(=O)c2cccc(Nc3ncccn3)c2)n(C2CCN(C)CC2)n1. The molecule has 0 bridgehead atoms. The lowest BCUT2D eigenvalue weighted by atomic mass is 10.1. The van der Waals surface area contributed by atoms with Crippen LogP contribution in [0.1, 0.15) is 34.9 Å². The number of amides is 1. The van der Waals surface area contributed by atoms with Crippen molar-refractivity contribution in [2.24, 2.45) is 0 Å². The first-order valence-electron chi connectivity index (χ1n) is 9.78. The first-order chi connectivity index (χ1) is 14.1. The zero-order valence-corrected chi connectivity index (χ0v) is 16.7. The Balaban J connectivity index is 1.49. The number of nitrogens with zero attached hydrogens (tertiary/aromatic N) is 5. The molecule has 0 spiro atoms. The number of hydrogen-bond donors (Lipinski definition) is 2. The maximum absolute atomic E-state index is 12.9. The number of aromatic nitrogens is 4. The summed E-state index contributed by atoms with van der Waals surface area (Å²) >= 11 is 0. The molecule has 8 heteroatoms. The third-order valence-corrected chi connectivity index (χ3v) is 5.08. The summed E-state index contributed by atoms with van der Waals surface area (Å²) in [6.45, 7) is 4.02. The molecule has 1 aliphatic rings. The Morgan fingerprint density at radius 3 is 2.62 bits per heavy atom. The van der Waals surface area contributed by atoms with Crippen LogP contribution < -0.4 is 10.6 Å². The Labute approximate surface area is 170 Å². The van der Waals surface area contributed by atoms with E-state index in [-0.39, 0.29) is 5.91 Å². The molecule has 150 valence electrons. The van der Waals surface area contributed by atoms with E-state index in [1.54, 1.807) is 30.6 Å². The molecular formula is C21H25N7O. The second-order valence-electron chi connectivity index (χ2n) is 7.38. The molecule has 1 fully saturated rings. The minimum absolute atomic E-state index is 0.170. The van der Waals surface area contributed by atoms with Crippen molar-refractivity contribution in [3.8, 4) is 0 Å². The summed E-state index contributed by atoms with van der Waals surface area (Å²) in [5.74, 6) is 1.06. The van der Waals surface area contributed by atoms with E-state index in [0.29, 0.717) is 17.6 Å². The number of carbonyl (C=O) groups excluding carboxylic acids is 1. The molecule has 29 heavy (non-hydrogen) atoms. The fraction of sp³-hybridized carbons (Fsp3) is 0.333. The largest absolute Gasteiger partial charge is 0.324 e. The van der Waals surface area contributed by atoms with Gasteiger partial charge < -0.3 is 15.5 Å². The van der Waals surface area contributed by atoms with Crippen molar-refractivity contribution in [3.05, 3.63) is 60.0 Å². The Bertz CT molecular complexity index is 978. The van der Waals surface area contributed by atoms with Crippen molar-refractivity contribution in [1.82, 2.24) is 24.6 Å². The molecule has 2 N–H and O–H groups in total. The summed E-state index contributed by atoms with van der Waals surface area (Å²) in [6, 6.07) is 11.3. The minimum atomic E-state index is -0.170. The Hall–Kier alpha value is -3.26. The number of rotatable bonds is 5. The van der Waals surface area contributed by atoms with Crippen molar-refractivity contribution < 1.29 is 4.79 Å². The second-order valence-corrected chi connectivity index (χ2v) is 7.38. The number of likely N-dealkylation sites (tertiary alicyclic amines) is 1. The second kappa shape index (κ2) is 8.40. The molecular weight excluding hydrogens is 366 g/mol. The van der Waals surface area contributed by atoms with Crippen molar-refractivity contribution in [1.29, 1.82) is 0 Å². The lowest BCUT2D eigenvalue weighted by Crippen LogP contribution is -2.32. The monoisotopic (exact) mass is 391 g/mol. The molecule has 0 aliphatic carbocycles. The summed E-state index contributed by atoms with van der Waals surface area (Å²) in [7, 11) is 2.13. The summed E-state index contributed by atoms with van der Waals surface area (Å²) < 4.78 is 1.97. The third kappa shape index (κ3) is 4.60. The molecule has 4 rings (SSSR count). The lowest BCUT2D eigenvalue weighted by Gasteiger charge is -2.30. The summed E-state index contributed by atoms with van der Waals surface area (Å²) in [6.07, 6.45) is 5.38. The van der Waals surface area contributed by atoms with Crippen molar-refractivity contribution in [2.75, 3.05) is 30.8 Å². The van der Waals surface area contributed by atoms with E-state index in [2.05, 4.69) is 37.6 Å². The van der Waals surface area contributed by atoms with Crippen LogP contribution in [-0.2, 0) is 0 Å². The van der Waals surface area contributed by atoms with Crippen LogP contribution in [0, 0.1) is 6.92 Å². The van der Waals surface area contributed by atoms with E-state index in [9.17, 15) is 4.79 Å². The van der Waals surface area contributed by atoms with E-state index in [1.165, 1.54) is 0 Å². The third-order valence-electron chi connectivity index (χ3n) is 5.08. The maximum atomic E-state index is 12.9. The molecule has 3 heterocycles. The van der Waals surface area contributed by atoms with E-state index in [4.69, 9.17) is 0 Å². The fourth-order valence-electron chi connectivity index (χ4n) is 3.55. The highest BCUT2D eigenvalue weighted by molar-refractivity contribution is 6.04. The first kappa shape index (κ1) is 19.1. The number of carbonyl (C=O) groups is 1. The molecule has 0 unspecified atom stereocenters. The van der Waals surface area contributed by atoms with Crippen LogP contribution in [0.15, 0.2) is 48.8 Å². The molecule has 0 radical (unpaired) electrons. The lowest BCUT2D eigenvalue weighted by molar-refractivity contribution is 0.102. The number of piperidine rings is 1. The molecule has 1 aromatic carbocycles. The Kier molecular flexibility index (Phi) is 5.53. The number of hydrogen-bond acceptors (Lipinski definition) is 6. The minimum Gasteiger partial charge on any atom is -0.324 e. The highest BCUT2D eigenvalue weighted by Gasteiger charge is 2.22. The van der Waals surface area contributed by atoms with E-state index >= 15 is 0 Å². The number of anilines is 3. The van der Waals surface area contributed by atoms with Gasteiger partial charge in [-0.2, -0.15) is 5.10 Å². The summed E-state index contributed by atoms with van der Waals surface area (Å²) in [5.41, 5.74) is 2.21.